The van der Waals surface area contributed by atoms with Gasteiger partial charge in [0.05, 0.1) is 0 Å². The van der Waals surface area contributed by atoms with Gasteiger partial charge in [-0.05, 0) is 12.8 Å². The minimum absolute atomic E-state index is 0.195. The highest BCUT2D eigenvalue weighted by atomic mass is 16.6. The molecule has 1 unspecified atom stereocenters. The van der Waals surface area contributed by atoms with E-state index in [0.29, 0.717) is 6.42 Å². The lowest BCUT2D eigenvalue weighted by molar-refractivity contribution is -0.00470. The van der Waals surface area contributed by atoms with Crippen LogP contribution in [0.25, 0.3) is 0 Å². The highest BCUT2D eigenvalue weighted by Gasteiger charge is 2.31. The summed E-state index contributed by atoms with van der Waals surface area (Å²) >= 11 is 0. The van der Waals surface area contributed by atoms with Crippen molar-refractivity contribution in [2.24, 2.45) is 5.92 Å². The lowest BCUT2D eigenvalue weighted by Crippen LogP contribution is -2.39. The van der Waals surface area contributed by atoms with E-state index in [4.69, 9.17) is 11.2 Å². The molecule has 0 radical (unpaired) electrons. The fourth-order valence-corrected chi connectivity index (χ4v) is 0.824. The van der Waals surface area contributed by atoms with Crippen LogP contribution in [-0.2, 0) is 4.74 Å². The quantitative estimate of drug-likeness (QED) is 0.677. The van der Waals surface area contributed by atoms with Gasteiger partial charge < -0.3 is 10.1 Å². The third-order valence-electron chi connectivity index (χ3n) is 2.20. The Morgan fingerprint density at radius 3 is 2.54 bits per heavy atom. The van der Waals surface area contributed by atoms with E-state index in [9.17, 15) is 4.79 Å². The number of hydrogen-bond donors (Lipinski definition) is 1. The zero-order valence-corrected chi connectivity index (χ0v) is 8.68. The SMILES string of the molecule is C#CCC(C)(OC(=O)NC)C(C)C. The number of hydrogen-bond acceptors (Lipinski definition) is 2. The predicted molar refractivity (Wildman–Crippen MR) is 52.2 cm³/mol. The van der Waals surface area contributed by atoms with Crippen molar-refractivity contribution in [1.82, 2.24) is 5.32 Å². The minimum Gasteiger partial charge on any atom is -0.442 e. The Morgan fingerprint density at radius 1 is 1.69 bits per heavy atom. The molecular formula is C10H17NO2. The van der Waals surface area contributed by atoms with E-state index in [-0.39, 0.29) is 5.92 Å². The maximum absolute atomic E-state index is 11.0. The molecule has 3 nitrogen and oxygen atoms in total. The molecule has 0 saturated carbocycles. The van der Waals surface area contributed by atoms with Gasteiger partial charge in [0.25, 0.3) is 0 Å². The summed E-state index contributed by atoms with van der Waals surface area (Å²) in [7, 11) is 1.53. The molecule has 0 aliphatic carbocycles. The van der Waals surface area contributed by atoms with Crippen LogP contribution >= 0.6 is 0 Å². The Balaban J connectivity index is 4.43. The molecule has 1 atom stereocenters. The Kier molecular flexibility index (Phi) is 4.33. The van der Waals surface area contributed by atoms with Crippen LogP contribution in [0, 0.1) is 18.3 Å². The predicted octanol–water partition coefficient (Wildman–Crippen LogP) is 1.78. The smallest absolute Gasteiger partial charge is 0.407 e. The summed E-state index contributed by atoms with van der Waals surface area (Å²) in [6.07, 6.45) is 5.20. The zero-order chi connectivity index (χ0) is 10.5. The molecule has 0 spiro atoms. The number of amides is 1. The van der Waals surface area contributed by atoms with E-state index in [2.05, 4.69) is 11.2 Å². The van der Waals surface area contributed by atoms with Crippen LogP contribution in [-0.4, -0.2) is 18.7 Å². The van der Waals surface area contributed by atoms with Crippen LogP contribution in [0.1, 0.15) is 27.2 Å². The van der Waals surface area contributed by atoms with Crippen LogP contribution in [0.15, 0.2) is 0 Å². The molecule has 0 fully saturated rings. The van der Waals surface area contributed by atoms with Crippen LogP contribution in [0.3, 0.4) is 0 Å². The van der Waals surface area contributed by atoms with E-state index >= 15 is 0 Å². The third-order valence-corrected chi connectivity index (χ3v) is 2.20. The molecule has 0 aromatic carbocycles. The lowest BCUT2D eigenvalue weighted by Gasteiger charge is -2.31. The molecular weight excluding hydrogens is 166 g/mol. The summed E-state index contributed by atoms with van der Waals surface area (Å²) in [5, 5.41) is 2.40. The van der Waals surface area contributed by atoms with Crippen LogP contribution < -0.4 is 5.32 Å². The van der Waals surface area contributed by atoms with E-state index in [1.165, 1.54) is 7.05 Å². The number of carbonyl (C=O) groups excluding carboxylic acids is 1. The molecule has 0 aromatic heterocycles. The first-order valence-electron chi connectivity index (χ1n) is 4.30. The van der Waals surface area contributed by atoms with Gasteiger partial charge in [-0.2, -0.15) is 0 Å². The minimum atomic E-state index is -0.575. The Bertz CT molecular complexity index is 217. The van der Waals surface area contributed by atoms with Gasteiger partial charge in [-0.1, -0.05) is 13.8 Å². The van der Waals surface area contributed by atoms with Crippen molar-refractivity contribution in [3.63, 3.8) is 0 Å². The average molecular weight is 183 g/mol. The van der Waals surface area contributed by atoms with Crippen molar-refractivity contribution in [1.29, 1.82) is 0 Å². The number of alkyl carbamates (subject to hydrolysis) is 1. The van der Waals surface area contributed by atoms with Gasteiger partial charge in [-0.3, -0.25) is 0 Å². The standard InChI is InChI=1S/C10H17NO2/c1-6-7-10(4,8(2)3)13-9(12)11-5/h1,8H,7H2,2-5H3,(H,11,12). The van der Waals surface area contributed by atoms with E-state index in [0.717, 1.165) is 0 Å². The molecule has 0 rings (SSSR count). The van der Waals surface area contributed by atoms with Gasteiger partial charge in [0.1, 0.15) is 5.60 Å². The molecule has 0 bridgehead atoms. The molecule has 0 aliphatic rings. The second kappa shape index (κ2) is 4.76. The summed E-state index contributed by atoms with van der Waals surface area (Å²) in [5.41, 5.74) is -0.575. The van der Waals surface area contributed by atoms with Crippen LogP contribution in [0.2, 0.25) is 0 Å². The largest absolute Gasteiger partial charge is 0.442 e. The monoisotopic (exact) mass is 183 g/mol. The van der Waals surface area contributed by atoms with Crippen molar-refractivity contribution in [3.8, 4) is 12.3 Å². The topological polar surface area (TPSA) is 38.3 Å². The van der Waals surface area contributed by atoms with Crippen molar-refractivity contribution in [2.45, 2.75) is 32.8 Å². The summed E-state index contributed by atoms with van der Waals surface area (Å²) in [4.78, 5) is 11.0. The average Bonchev–Trinajstić information content (AvgIpc) is 2.04. The fourth-order valence-electron chi connectivity index (χ4n) is 0.824. The van der Waals surface area contributed by atoms with Crippen LogP contribution in [0.5, 0.6) is 0 Å². The molecule has 0 saturated heterocycles. The van der Waals surface area contributed by atoms with E-state index in [1.54, 1.807) is 0 Å². The van der Waals surface area contributed by atoms with Crippen molar-refractivity contribution in [2.75, 3.05) is 7.05 Å². The Labute approximate surface area is 79.8 Å². The molecule has 1 N–H and O–H groups in total. The molecule has 1 amide bonds. The van der Waals surface area contributed by atoms with Crippen molar-refractivity contribution in [3.05, 3.63) is 0 Å². The van der Waals surface area contributed by atoms with Crippen molar-refractivity contribution < 1.29 is 9.53 Å². The number of carbonyl (C=O) groups is 1. The van der Waals surface area contributed by atoms with Gasteiger partial charge in [0.15, 0.2) is 0 Å². The highest BCUT2D eigenvalue weighted by Crippen LogP contribution is 2.24. The first-order chi connectivity index (χ1) is 5.96. The van der Waals surface area contributed by atoms with E-state index in [1.807, 2.05) is 20.8 Å². The second-order valence-corrected chi connectivity index (χ2v) is 3.49. The van der Waals surface area contributed by atoms with Gasteiger partial charge in [-0.15, -0.1) is 12.3 Å². The summed E-state index contributed by atoms with van der Waals surface area (Å²) < 4.78 is 5.20. The summed E-state index contributed by atoms with van der Waals surface area (Å²) in [5.74, 6) is 2.71. The number of nitrogens with one attached hydrogen (secondary N) is 1. The molecule has 74 valence electrons. The fraction of sp³-hybridized carbons (Fsp3) is 0.700. The van der Waals surface area contributed by atoms with Gasteiger partial charge >= 0.3 is 6.09 Å². The summed E-state index contributed by atoms with van der Waals surface area (Å²) in [6, 6.07) is 0. The second-order valence-electron chi connectivity index (χ2n) is 3.49. The zero-order valence-electron chi connectivity index (χ0n) is 8.68. The summed E-state index contributed by atoms with van der Waals surface area (Å²) in [6.45, 7) is 5.79. The Morgan fingerprint density at radius 2 is 2.23 bits per heavy atom. The number of ether oxygens (including phenoxy) is 1. The van der Waals surface area contributed by atoms with Gasteiger partial charge in [-0.25, -0.2) is 4.79 Å². The molecule has 13 heavy (non-hydrogen) atoms. The third kappa shape index (κ3) is 3.37. The van der Waals surface area contributed by atoms with E-state index < -0.39 is 11.7 Å². The molecule has 3 heteroatoms. The first-order valence-corrected chi connectivity index (χ1v) is 4.30. The van der Waals surface area contributed by atoms with Crippen LogP contribution in [0.4, 0.5) is 4.79 Å². The van der Waals surface area contributed by atoms with Gasteiger partial charge in [0, 0.05) is 13.5 Å². The number of rotatable bonds is 3. The molecule has 0 heterocycles. The molecule has 0 aromatic rings. The van der Waals surface area contributed by atoms with Gasteiger partial charge in [0.2, 0.25) is 0 Å². The first kappa shape index (κ1) is 11.8. The van der Waals surface area contributed by atoms with Crippen molar-refractivity contribution >= 4 is 6.09 Å². The normalized spacial score (nSPS) is 14.5. The Hall–Kier alpha value is -1.17. The number of terminal acetylenes is 1. The highest BCUT2D eigenvalue weighted by molar-refractivity contribution is 5.67. The maximum atomic E-state index is 11.0. The maximum Gasteiger partial charge on any atom is 0.407 e. The lowest BCUT2D eigenvalue weighted by atomic mass is 9.89. The molecule has 0 aliphatic heterocycles.